The zero-order valence-electron chi connectivity index (χ0n) is 10.8. The van der Waals surface area contributed by atoms with Crippen molar-refractivity contribution in [1.82, 2.24) is 24.2 Å². The Labute approximate surface area is 116 Å². The molecule has 0 aromatic carbocycles. The zero-order valence-corrected chi connectivity index (χ0v) is 11.6. The van der Waals surface area contributed by atoms with Crippen molar-refractivity contribution >= 4 is 16.0 Å². The highest BCUT2D eigenvalue weighted by atomic mass is 32.2. The molecular formula is C10H15N7O2S. The number of nitrogen functional groups attached to an aromatic ring is 1. The molecule has 0 aliphatic carbocycles. The molecule has 0 radical (unpaired) electrons. The summed E-state index contributed by atoms with van der Waals surface area (Å²) in [6.07, 6.45) is 6.33. The average molecular weight is 297 g/mol. The molecule has 2 rings (SSSR count). The summed E-state index contributed by atoms with van der Waals surface area (Å²) in [5.41, 5.74) is 2.23. The van der Waals surface area contributed by atoms with Crippen LogP contribution >= 0.6 is 0 Å². The van der Waals surface area contributed by atoms with E-state index in [4.69, 9.17) is 5.84 Å². The highest BCUT2D eigenvalue weighted by Crippen LogP contribution is 2.06. The lowest BCUT2D eigenvalue weighted by Gasteiger charge is -2.06. The monoisotopic (exact) mass is 297 g/mol. The Hall–Kier alpha value is -2.04. The molecule has 0 saturated heterocycles. The van der Waals surface area contributed by atoms with Crippen LogP contribution in [-0.4, -0.2) is 34.5 Å². The number of sulfonamides is 1. The van der Waals surface area contributed by atoms with E-state index in [2.05, 4.69) is 25.1 Å². The highest BCUT2D eigenvalue weighted by Gasteiger charge is 2.15. The van der Waals surface area contributed by atoms with E-state index in [1.54, 1.807) is 12.4 Å². The van der Waals surface area contributed by atoms with Gasteiger partial charge in [0.1, 0.15) is 10.7 Å². The first-order chi connectivity index (χ1) is 9.53. The predicted octanol–water partition coefficient (Wildman–Crippen LogP) is -0.983. The maximum absolute atomic E-state index is 12.0. The topological polar surface area (TPSA) is 128 Å². The van der Waals surface area contributed by atoms with Crippen LogP contribution in [0.3, 0.4) is 0 Å². The van der Waals surface area contributed by atoms with Gasteiger partial charge in [-0.25, -0.2) is 33.9 Å². The van der Waals surface area contributed by atoms with E-state index in [0.29, 0.717) is 6.42 Å². The summed E-state index contributed by atoms with van der Waals surface area (Å²) in [6.45, 7) is 0.240. The Bertz CT molecular complexity index is 665. The van der Waals surface area contributed by atoms with Crippen LogP contribution in [0.4, 0.5) is 5.95 Å². The van der Waals surface area contributed by atoms with E-state index >= 15 is 0 Å². The third kappa shape index (κ3) is 3.29. The van der Waals surface area contributed by atoms with E-state index in [1.165, 1.54) is 12.4 Å². The van der Waals surface area contributed by atoms with E-state index in [1.807, 2.05) is 11.6 Å². The van der Waals surface area contributed by atoms with Gasteiger partial charge in [0.05, 0.1) is 12.4 Å². The first-order valence-electron chi connectivity index (χ1n) is 5.77. The minimum atomic E-state index is -3.63. The Morgan fingerprint density at radius 2 is 2.00 bits per heavy atom. The van der Waals surface area contributed by atoms with Gasteiger partial charge in [0.15, 0.2) is 0 Å². The molecule has 20 heavy (non-hydrogen) atoms. The van der Waals surface area contributed by atoms with Gasteiger partial charge >= 0.3 is 0 Å². The van der Waals surface area contributed by atoms with Crippen LogP contribution in [0.15, 0.2) is 29.7 Å². The van der Waals surface area contributed by atoms with Crippen LogP contribution in [-0.2, 0) is 23.5 Å². The second-order valence-corrected chi connectivity index (χ2v) is 5.76. The molecule has 0 aliphatic rings. The minimum absolute atomic E-state index is 0.0173. The lowest BCUT2D eigenvalue weighted by atomic mass is 10.4. The molecule has 10 heteroatoms. The molecule has 9 nitrogen and oxygen atoms in total. The maximum Gasteiger partial charge on any atom is 0.243 e. The molecule has 0 bridgehead atoms. The van der Waals surface area contributed by atoms with Crippen LogP contribution in [0, 0.1) is 0 Å². The van der Waals surface area contributed by atoms with Gasteiger partial charge in [-0.1, -0.05) is 0 Å². The molecule has 4 N–H and O–H groups in total. The summed E-state index contributed by atoms with van der Waals surface area (Å²) in [5.74, 6) is 6.06. The number of aromatic nitrogens is 4. The van der Waals surface area contributed by atoms with E-state index < -0.39 is 10.0 Å². The van der Waals surface area contributed by atoms with Gasteiger partial charge in [-0.3, -0.25) is 5.43 Å². The lowest BCUT2D eigenvalue weighted by molar-refractivity contribution is 0.579. The van der Waals surface area contributed by atoms with Gasteiger partial charge in [0.2, 0.25) is 16.0 Å². The van der Waals surface area contributed by atoms with Gasteiger partial charge in [-0.15, -0.1) is 0 Å². The number of imidazole rings is 1. The fraction of sp³-hybridized carbons (Fsp3) is 0.300. The molecule has 108 valence electrons. The van der Waals surface area contributed by atoms with Gasteiger partial charge in [0.25, 0.3) is 0 Å². The number of nitrogens with zero attached hydrogens (tertiary/aromatic N) is 4. The lowest BCUT2D eigenvalue weighted by Crippen LogP contribution is -2.27. The van der Waals surface area contributed by atoms with Crippen LogP contribution < -0.4 is 16.0 Å². The normalized spacial score (nSPS) is 11.5. The van der Waals surface area contributed by atoms with Crippen LogP contribution in [0.25, 0.3) is 0 Å². The number of nitrogens with one attached hydrogen (secondary N) is 2. The molecule has 0 spiro atoms. The van der Waals surface area contributed by atoms with Crippen molar-refractivity contribution in [2.75, 3.05) is 12.0 Å². The Morgan fingerprint density at radius 3 is 2.55 bits per heavy atom. The molecule has 2 aromatic heterocycles. The number of rotatable bonds is 6. The Kier molecular flexibility index (Phi) is 4.27. The van der Waals surface area contributed by atoms with Gasteiger partial charge in [-0.2, -0.15) is 0 Å². The van der Waals surface area contributed by atoms with Crippen LogP contribution in [0.1, 0.15) is 5.82 Å². The maximum atomic E-state index is 12.0. The fourth-order valence-corrected chi connectivity index (χ4v) is 2.47. The molecule has 0 atom stereocenters. The number of hydrazine groups is 1. The number of nitrogens with two attached hydrogens (primary N) is 1. The van der Waals surface area contributed by atoms with Crippen molar-refractivity contribution in [2.45, 2.75) is 11.3 Å². The third-order valence-corrected chi connectivity index (χ3v) is 4.04. The number of hydrogen-bond acceptors (Lipinski definition) is 7. The second-order valence-electron chi connectivity index (χ2n) is 3.99. The first kappa shape index (κ1) is 14.4. The summed E-state index contributed by atoms with van der Waals surface area (Å²) >= 11 is 0. The Balaban J connectivity index is 1.98. The van der Waals surface area contributed by atoms with Crippen molar-refractivity contribution in [3.05, 3.63) is 30.6 Å². The number of aryl methyl sites for hydroxylation is 1. The van der Waals surface area contributed by atoms with Crippen molar-refractivity contribution in [2.24, 2.45) is 12.9 Å². The second kappa shape index (κ2) is 5.94. The van der Waals surface area contributed by atoms with E-state index in [-0.39, 0.29) is 17.4 Å². The number of hydrogen-bond donors (Lipinski definition) is 3. The summed E-state index contributed by atoms with van der Waals surface area (Å²) in [7, 11) is -1.78. The van der Waals surface area contributed by atoms with Crippen molar-refractivity contribution in [1.29, 1.82) is 0 Å². The van der Waals surface area contributed by atoms with E-state index in [0.717, 1.165) is 5.82 Å². The smallest absolute Gasteiger partial charge is 0.243 e. The van der Waals surface area contributed by atoms with Crippen molar-refractivity contribution < 1.29 is 8.42 Å². The molecular weight excluding hydrogens is 282 g/mol. The summed E-state index contributed by atoms with van der Waals surface area (Å²) in [5, 5.41) is 0. The zero-order chi connectivity index (χ0) is 14.6. The summed E-state index contributed by atoms with van der Waals surface area (Å²) in [4.78, 5) is 11.6. The average Bonchev–Trinajstić information content (AvgIpc) is 2.84. The van der Waals surface area contributed by atoms with Crippen molar-refractivity contribution in [3.63, 3.8) is 0 Å². The molecule has 0 unspecified atom stereocenters. The largest absolute Gasteiger partial charge is 0.338 e. The standard InChI is InChI=1S/C10H15N7O2S/c1-17-5-4-12-9(17)2-3-15-20(18,19)8-6-13-10(16-11)14-7-8/h4-7,15H,2-3,11H2,1H3,(H,13,14,16). The molecule has 0 fully saturated rings. The number of anilines is 1. The Morgan fingerprint density at radius 1 is 1.30 bits per heavy atom. The fourth-order valence-electron chi connectivity index (χ4n) is 1.55. The summed E-state index contributed by atoms with van der Waals surface area (Å²) in [6, 6.07) is 0. The highest BCUT2D eigenvalue weighted by molar-refractivity contribution is 7.89. The van der Waals surface area contributed by atoms with E-state index in [9.17, 15) is 8.42 Å². The molecule has 0 aliphatic heterocycles. The van der Waals surface area contributed by atoms with Gasteiger partial charge < -0.3 is 4.57 Å². The molecule has 2 heterocycles. The molecule has 0 saturated carbocycles. The first-order valence-corrected chi connectivity index (χ1v) is 7.26. The summed E-state index contributed by atoms with van der Waals surface area (Å²) < 4.78 is 28.2. The van der Waals surface area contributed by atoms with Crippen molar-refractivity contribution in [3.8, 4) is 0 Å². The van der Waals surface area contributed by atoms with Gasteiger partial charge in [0, 0.05) is 32.4 Å². The molecule has 2 aromatic rings. The SMILES string of the molecule is Cn1ccnc1CCNS(=O)(=O)c1cnc(NN)nc1. The van der Waals surface area contributed by atoms with Crippen LogP contribution in [0.2, 0.25) is 0 Å². The molecule has 0 amide bonds. The van der Waals surface area contributed by atoms with Gasteiger partial charge in [-0.05, 0) is 0 Å². The predicted molar refractivity (Wildman–Crippen MR) is 71.9 cm³/mol. The van der Waals surface area contributed by atoms with Crippen LogP contribution in [0.5, 0.6) is 0 Å². The quantitative estimate of drug-likeness (QED) is 0.461. The minimum Gasteiger partial charge on any atom is -0.338 e. The third-order valence-electron chi connectivity index (χ3n) is 2.63.